The molecule has 0 bridgehead atoms. The number of aliphatic hydroxyl groups is 1. The molecule has 13 heavy (non-hydrogen) atoms. The zero-order valence-electron chi connectivity index (χ0n) is 8.61. The number of aliphatic hydroxyl groups excluding tert-OH is 1. The molecule has 0 fully saturated rings. The molecular formula is C12H20O. The molecule has 1 aliphatic carbocycles. The van der Waals surface area contributed by atoms with Gasteiger partial charge in [0, 0.05) is 0 Å². The predicted molar refractivity (Wildman–Crippen MR) is 56.4 cm³/mol. The van der Waals surface area contributed by atoms with Gasteiger partial charge in [0.2, 0.25) is 0 Å². The quantitative estimate of drug-likeness (QED) is 0.662. The molecule has 0 aromatic heterocycles. The zero-order valence-corrected chi connectivity index (χ0v) is 8.61. The SMILES string of the molecule is C=CCC(O)C1C(C)C=CCC1C. The summed E-state index contributed by atoms with van der Waals surface area (Å²) in [5.74, 6) is 1.50. The molecule has 0 heterocycles. The lowest BCUT2D eigenvalue weighted by Crippen LogP contribution is -2.32. The van der Waals surface area contributed by atoms with Crippen molar-refractivity contribution in [3.05, 3.63) is 24.8 Å². The fraction of sp³-hybridized carbons (Fsp3) is 0.667. The highest BCUT2D eigenvalue weighted by Gasteiger charge is 2.29. The molecule has 0 saturated heterocycles. The van der Waals surface area contributed by atoms with Crippen LogP contribution in [-0.2, 0) is 0 Å². The van der Waals surface area contributed by atoms with E-state index >= 15 is 0 Å². The van der Waals surface area contributed by atoms with E-state index in [9.17, 15) is 5.11 Å². The lowest BCUT2D eigenvalue weighted by molar-refractivity contribution is 0.0544. The third-order valence-electron chi connectivity index (χ3n) is 3.06. The van der Waals surface area contributed by atoms with Gasteiger partial charge in [-0.05, 0) is 30.6 Å². The first-order valence-electron chi connectivity index (χ1n) is 5.12. The summed E-state index contributed by atoms with van der Waals surface area (Å²) in [6, 6.07) is 0. The van der Waals surface area contributed by atoms with Gasteiger partial charge in [-0.3, -0.25) is 0 Å². The van der Waals surface area contributed by atoms with Crippen LogP contribution in [0.3, 0.4) is 0 Å². The highest BCUT2D eigenvalue weighted by molar-refractivity contribution is 5.00. The van der Waals surface area contributed by atoms with E-state index < -0.39 is 0 Å². The average Bonchev–Trinajstić information content (AvgIpc) is 2.04. The fourth-order valence-corrected chi connectivity index (χ4v) is 2.37. The van der Waals surface area contributed by atoms with Crippen LogP contribution in [0, 0.1) is 17.8 Å². The Balaban J connectivity index is 2.64. The summed E-state index contributed by atoms with van der Waals surface area (Å²) in [5.41, 5.74) is 0. The van der Waals surface area contributed by atoms with E-state index in [0.29, 0.717) is 24.2 Å². The Morgan fingerprint density at radius 2 is 2.31 bits per heavy atom. The summed E-state index contributed by atoms with van der Waals surface area (Å²) in [7, 11) is 0. The van der Waals surface area contributed by atoms with Gasteiger partial charge < -0.3 is 5.11 Å². The smallest absolute Gasteiger partial charge is 0.0610 e. The van der Waals surface area contributed by atoms with Crippen LogP contribution in [-0.4, -0.2) is 11.2 Å². The second-order valence-electron chi connectivity index (χ2n) is 4.17. The van der Waals surface area contributed by atoms with Crippen LogP contribution in [0.4, 0.5) is 0 Å². The van der Waals surface area contributed by atoms with Gasteiger partial charge in [-0.1, -0.05) is 32.1 Å². The van der Waals surface area contributed by atoms with E-state index in [1.807, 2.05) is 6.08 Å². The van der Waals surface area contributed by atoms with Crippen LogP contribution >= 0.6 is 0 Å². The second kappa shape index (κ2) is 4.61. The van der Waals surface area contributed by atoms with Gasteiger partial charge in [-0.25, -0.2) is 0 Å². The van der Waals surface area contributed by atoms with Crippen LogP contribution < -0.4 is 0 Å². The Labute approximate surface area is 81.2 Å². The van der Waals surface area contributed by atoms with Gasteiger partial charge in [-0.15, -0.1) is 6.58 Å². The van der Waals surface area contributed by atoms with Gasteiger partial charge in [0.1, 0.15) is 0 Å². The van der Waals surface area contributed by atoms with Crippen LogP contribution in [0.2, 0.25) is 0 Å². The van der Waals surface area contributed by atoms with Crippen molar-refractivity contribution in [2.45, 2.75) is 32.8 Å². The van der Waals surface area contributed by atoms with Gasteiger partial charge >= 0.3 is 0 Å². The number of hydrogen-bond acceptors (Lipinski definition) is 1. The lowest BCUT2D eigenvalue weighted by Gasteiger charge is -2.34. The molecule has 74 valence electrons. The minimum Gasteiger partial charge on any atom is -0.392 e. The zero-order chi connectivity index (χ0) is 9.84. The van der Waals surface area contributed by atoms with Crippen molar-refractivity contribution in [2.24, 2.45) is 17.8 Å². The van der Waals surface area contributed by atoms with E-state index in [1.54, 1.807) is 0 Å². The molecule has 4 unspecified atom stereocenters. The van der Waals surface area contributed by atoms with Crippen LogP contribution in [0.5, 0.6) is 0 Å². The highest BCUT2D eigenvalue weighted by atomic mass is 16.3. The molecule has 0 aromatic carbocycles. The van der Waals surface area contributed by atoms with Crippen LogP contribution in [0.25, 0.3) is 0 Å². The summed E-state index contributed by atoms with van der Waals surface area (Å²) in [4.78, 5) is 0. The first kappa shape index (κ1) is 10.5. The molecular weight excluding hydrogens is 160 g/mol. The van der Waals surface area contributed by atoms with Crippen LogP contribution in [0.15, 0.2) is 24.8 Å². The summed E-state index contributed by atoms with van der Waals surface area (Å²) in [5, 5.41) is 9.91. The number of hydrogen-bond donors (Lipinski definition) is 1. The number of allylic oxidation sites excluding steroid dienone is 2. The predicted octanol–water partition coefficient (Wildman–Crippen LogP) is 2.77. The maximum Gasteiger partial charge on any atom is 0.0610 e. The van der Waals surface area contributed by atoms with Crippen molar-refractivity contribution in [1.82, 2.24) is 0 Å². The van der Waals surface area contributed by atoms with Crippen LogP contribution in [0.1, 0.15) is 26.7 Å². The number of rotatable bonds is 3. The topological polar surface area (TPSA) is 20.2 Å². The standard InChI is InChI=1S/C12H20O/c1-4-6-11(13)12-9(2)7-5-8-10(12)3/h4-5,7,9-13H,1,6,8H2,2-3H3. The molecule has 0 spiro atoms. The highest BCUT2D eigenvalue weighted by Crippen LogP contribution is 2.33. The van der Waals surface area contributed by atoms with Gasteiger partial charge in [0.15, 0.2) is 0 Å². The maximum absolute atomic E-state index is 9.91. The van der Waals surface area contributed by atoms with Gasteiger partial charge in [-0.2, -0.15) is 0 Å². The molecule has 0 amide bonds. The van der Waals surface area contributed by atoms with Gasteiger partial charge in [0.05, 0.1) is 6.10 Å². The Bertz CT molecular complexity index is 195. The van der Waals surface area contributed by atoms with E-state index in [0.717, 1.165) is 6.42 Å². The van der Waals surface area contributed by atoms with E-state index in [2.05, 4.69) is 32.6 Å². The molecule has 1 N–H and O–H groups in total. The van der Waals surface area contributed by atoms with Crippen molar-refractivity contribution in [3.63, 3.8) is 0 Å². The van der Waals surface area contributed by atoms with Crippen molar-refractivity contribution in [2.75, 3.05) is 0 Å². The van der Waals surface area contributed by atoms with Gasteiger partial charge in [0.25, 0.3) is 0 Å². The second-order valence-corrected chi connectivity index (χ2v) is 4.17. The lowest BCUT2D eigenvalue weighted by atomic mass is 9.74. The molecule has 1 aliphatic rings. The van der Waals surface area contributed by atoms with E-state index in [-0.39, 0.29) is 6.10 Å². The summed E-state index contributed by atoms with van der Waals surface area (Å²) in [6.45, 7) is 8.07. The molecule has 0 saturated carbocycles. The fourth-order valence-electron chi connectivity index (χ4n) is 2.37. The Morgan fingerprint density at radius 1 is 1.62 bits per heavy atom. The minimum atomic E-state index is -0.215. The Kier molecular flexibility index (Phi) is 3.73. The summed E-state index contributed by atoms with van der Waals surface area (Å²) in [6.07, 6.45) is 7.86. The normalized spacial score (nSPS) is 35.8. The molecule has 0 radical (unpaired) electrons. The average molecular weight is 180 g/mol. The van der Waals surface area contributed by atoms with E-state index in [1.165, 1.54) is 0 Å². The molecule has 0 aliphatic heterocycles. The Hall–Kier alpha value is -0.560. The molecule has 0 aromatic rings. The maximum atomic E-state index is 9.91. The summed E-state index contributed by atoms with van der Waals surface area (Å²) < 4.78 is 0. The third kappa shape index (κ3) is 2.44. The largest absolute Gasteiger partial charge is 0.392 e. The molecule has 1 heteroatoms. The molecule has 1 nitrogen and oxygen atoms in total. The van der Waals surface area contributed by atoms with Crippen molar-refractivity contribution in [3.8, 4) is 0 Å². The Morgan fingerprint density at radius 3 is 2.85 bits per heavy atom. The van der Waals surface area contributed by atoms with E-state index in [4.69, 9.17) is 0 Å². The molecule has 1 rings (SSSR count). The minimum absolute atomic E-state index is 0.215. The summed E-state index contributed by atoms with van der Waals surface area (Å²) >= 11 is 0. The third-order valence-corrected chi connectivity index (χ3v) is 3.06. The first-order valence-corrected chi connectivity index (χ1v) is 5.12. The van der Waals surface area contributed by atoms with Crippen molar-refractivity contribution < 1.29 is 5.11 Å². The molecule has 4 atom stereocenters. The monoisotopic (exact) mass is 180 g/mol. The van der Waals surface area contributed by atoms with Crippen molar-refractivity contribution >= 4 is 0 Å². The van der Waals surface area contributed by atoms with Crippen molar-refractivity contribution in [1.29, 1.82) is 0 Å². The first-order chi connectivity index (χ1) is 6.16.